The quantitative estimate of drug-likeness (QED) is 0.480. The van der Waals surface area contributed by atoms with Crippen LogP contribution in [0, 0.1) is 13.8 Å². The van der Waals surface area contributed by atoms with Gasteiger partial charge in [0.2, 0.25) is 0 Å². The van der Waals surface area contributed by atoms with Crippen LogP contribution in [0.4, 0.5) is 0 Å². The van der Waals surface area contributed by atoms with Crippen molar-refractivity contribution in [3.63, 3.8) is 0 Å². The predicted octanol–water partition coefficient (Wildman–Crippen LogP) is 5.35. The molecule has 4 rings (SSSR count). The van der Waals surface area contributed by atoms with Crippen LogP contribution in [0.15, 0.2) is 62.2 Å². The number of hydrogen-bond donors (Lipinski definition) is 0. The number of benzene rings is 2. The van der Waals surface area contributed by atoms with Gasteiger partial charge in [-0.15, -0.1) is 0 Å². The molecule has 0 saturated carbocycles. The van der Waals surface area contributed by atoms with E-state index in [1.54, 1.807) is 14.2 Å². The van der Waals surface area contributed by atoms with Gasteiger partial charge in [0.05, 0.1) is 19.6 Å². The van der Waals surface area contributed by atoms with Crippen LogP contribution in [0.3, 0.4) is 0 Å². The number of rotatable bonds is 4. The molecule has 0 aliphatic heterocycles. The van der Waals surface area contributed by atoms with Gasteiger partial charge in [0.1, 0.15) is 17.3 Å². The molecular weight excluding hydrogens is 356 g/mol. The van der Waals surface area contributed by atoms with Crippen LogP contribution in [-0.2, 0) is 0 Å². The van der Waals surface area contributed by atoms with E-state index < -0.39 is 5.63 Å². The number of fused-ring (bicyclic) bond motifs is 1. The number of hydrogen-bond acceptors (Lipinski definition) is 5. The monoisotopic (exact) mass is 376 g/mol. The van der Waals surface area contributed by atoms with Gasteiger partial charge in [-0.3, -0.25) is 0 Å². The minimum atomic E-state index is -0.454. The first-order chi connectivity index (χ1) is 13.5. The second-order valence-electron chi connectivity index (χ2n) is 6.65. The summed E-state index contributed by atoms with van der Waals surface area (Å²) in [6.45, 7) is 3.96. The molecule has 5 heteroatoms. The Morgan fingerprint density at radius 1 is 0.714 bits per heavy atom. The Morgan fingerprint density at radius 3 is 1.89 bits per heavy atom. The molecule has 0 saturated heterocycles. The predicted molar refractivity (Wildman–Crippen MR) is 108 cm³/mol. The first kappa shape index (κ1) is 17.9. The maximum absolute atomic E-state index is 12.1. The van der Waals surface area contributed by atoms with Gasteiger partial charge in [0.25, 0.3) is 0 Å². The van der Waals surface area contributed by atoms with E-state index >= 15 is 0 Å². The lowest BCUT2D eigenvalue weighted by Gasteiger charge is -2.08. The first-order valence-electron chi connectivity index (χ1n) is 8.88. The lowest BCUT2D eigenvalue weighted by Crippen LogP contribution is -1.97. The summed E-state index contributed by atoms with van der Waals surface area (Å²) in [4.78, 5) is 12.1. The van der Waals surface area contributed by atoms with Crippen LogP contribution < -0.4 is 15.1 Å². The molecule has 0 amide bonds. The van der Waals surface area contributed by atoms with Gasteiger partial charge < -0.3 is 18.3 Å². The highest BCUT2D eigenvalue weighted by molar-refractivity contribution is 5.94. The molecule has 0 spiro atoms. The highest BCUT2D eigenvalue weighted by atomic mass is 16.5. The van der Waals surface area contributed by atoms with Crippen LogP contribution >= 0.6 is 0 Å². The summed E-state index contributed by atoms with van der Waals surface area (Å²) >= 11 is 0. The summed E-state index contributed by atoms with van der Waals surface area (Å²) in [5.41, 5.74) is 4.16. The zero-order chi connectivity index (χ0) is 19.8. The van der Waals surface area contributed by atoms with Crippen molar-refractivity contribution in [1.82, 2.24) is 0 Å². The van der Waals surface area contributed by atoms with E-state index in [0.717, 1.165) is 44.7 Å². The van der Waals surface area contributed by atoms with Gasteiger partial charge in [-0.2, -0.15) is 0 Å². The molecule has 2 aromatic carbocycles. The third kappa shape index (κ3) is 3.05. The van der Waals surface area contributed by atoms with Gasteiger partial charge >= 0.3 is 11.4 Å². The Bertz CT molecular complexity index is 1230. The molecule has 0 bridgehead atoms. The summed E-state index contributed by atoms with van der Waals surface area (Å²) in [6, 6.07) is 14.9. The van der Waals surface area contributed by atoms with E-state index in [-0.39, 0.29) is 5.78 Å². The number of methoxy groups -OCH3 is 2. The summed E-state index contributed by atoms with van der Waals surface area (Å²) in [6.07, 6.45) is 0. The van der Waals surface area contributed by atoms with E-state index in [9.17, 15) is 4.79 Å². The third-order valence-electron chi connectivity index (χ3n) is 4.87. The zero-order valence-corrected chi connectivity index (χ0v) is 16.2. The molecule has 2 aromatic heterocycles. The lowest BCUT2D eigenvalue weighted by molar-refractivity contribution is 0.414. The topological polar surface area (TPSA) is 61.8 Å². The van der Waals surface area contributed by atoms with Crippen molar-refractivity contribution in [2.24, 2.45) is 0 Å². The molecule has 0 atom stereocenters. The molecule has 28 heavy (non-hydrogen) atoms. The zero-order valence-electron chi connectivity index (χ0n) is 16.2. The lowest BCUT2D eigenvalue weighted by atomic mass is 9.98. The van der Waals surface area contributed by atoms with E-state index in [4.69, 9.17) is 18.3 Å². The van der Waals surface area contributed by atoms with E-state index in [1.807, 2.05) is 56.3 Å². The summed E-state index contributed by atoms with van der Waals surface area (Å²) < 4.78 is 21.8. The second kappa shape index (κ2) is 6.93. The molecule has 0 aliphatic carbocycles. The molecule has 2 heterocycles. The molecule has 4 aromatic rings. The average molecular weight is 376 g/mol. The van der Waals surface area contributed by atoms with Gasteiger partial charge in [-0.25, -0.2) is 4.79 Å². The number of aryl methyl sites for hydroxylation is 2. The van der Waals surface area contributed by atoms with Crippen molar-refractivity contribution in [3.8, 4) is 33.9 Å². The molecule has 0 aliphatic rings. The summed E-state index contributed by atoms with van der Waals surface area (Å²) in [5.74, 6) is 2.39. The van der Waals surface area contributed by atoms with Crippen molar-refractivity contribution in [1.29, 1.82) is 0 Å². The molecule has 5 nitrogen and oxygen atoms in total. The van der Waals surface area contributed by atoms with Crippen LogP contribution in [0.2, 0.25) is 0 Å². The Kier molecular flexibility index (Phi) is 4.43. The molecule has 0 N–H and O–H groups in total. The van der Waals surface area contributed by atoms with E-state index in [2.05, 4.69) is 0 Å². The van der Waals surface area contributed by atoms with Crippen molar-refractivity contribution in [3.05, 3.63) is 70.1 Å². The highest BCUT2D eigenvalue weighted by Crippen LogP contribution is 2.37. The van der Waals surface area contributed by atoms with Gasteiger partial charge in [0, 0.05) is 17.2 Å². The normalized spacial score (nSPS) is 11.0. The minimum absolute atomic E-state index is 0.211. The van der Waals surface area contributed by atoms with Crippen molar-refractivity contribution in [2.45, 2.75) is 13.8 Å². The number of ether oxygens (including phenoxy) is 2. The molecule has 0 unspecified atom stereocenters. The SMILES string of the molecule is COc1ccc(-c2cc3c(-c4ccc(OC)cc4C)cc(=O)oc3o2)c(C)c1. The van der Waals surface area contributed by atoms with Crippen molar-refractivity contribution in [2.75, 3.05) is 14.2 Å². The van der Waals surface area contributed by atoms with Crippen LogP contribution in [-0.4, -0.2) is 14.2 Å². The van der Waals surface area contributed by atoms with Crippen molar-refractivity contribution < 1.29 is 18.3 Å². The highest BCUT2D eigenvalue weighted by Gasteiger charge is 2.17. The standard InChI is InChI=1S/C23H20O5/c1-13-9-15(25-3)5-7-17(13)19-12-22(24)28-23-20(19)11-21(27-23)18-8-6-16(26-4)10-14(18)2/h5-12H,1-4H3. The first-order valence-corrected chi connectivity index (χ1v) is 8.88. The largest absolute Gasteiger partial charge is 0.497 e. The molecular formula is C23H20O5. The third-order valence-corrected chi connectivity index (χ3v) is 4.87. The van der Waals surface area contributed by atoms with Gasteiger partial charge in [-0.05, 0) is 66.9 Å². The van der Waals surface area contributed by atoms with Gasteiger partial charge in [0.15, 0.2) is 0 Å². The second-order valence-corrected chi connectivity index (χ2v) is 6.65. The Morgan fingerprint density at radius 2 is 1.32 bits per heavy atom. The fourth-order valence-corrected chi connectivity index (χ4v) is 3.41. The average Bonchev–Trinajstić information content (AvgIpc) is 3.10. The summed E-state index contributed by atoms with van der Waals surface area (Å²) in [5, 5.41) is 0.748. The molecule has 142 valence electrons. The van der Waals surface area contributed by atoms with E-state index in [1.165, 1.54) is 6.07 Å². The summed E-state index contributed by atoms with van der Waals surface area (Å²) in [7, 11) is 3.26. The van der Waals surface area contributed by atoms with E-state index in [0.29, 0.717) is 5.76 Å². The van der Waals surface area contributed by atoms with Gasteiger partial charge in [-0.1, -0.05) is 6.07 Å². The maximum atomic E-state index is 12.1. The molecule has 0 fully saturated rings. The van der Waals surface area contributed by atoms with Crippen LogP contribution in [0.1, 0.15) is 11.1 Å². The molecule has 0 radical (unpaired) electrons. The fraction of sp³-hybridized carbons (Fsp3) is 0.174. The Labute approximate surface area is 162 Å². The Balaban J connectivity index is 1.91. The fourth-order valence-electron chi connectivity index (χ4n) is 3.41. The van der Waals surface area contributed by atoms with Crippen LogP contribution in [0.25, 0.3) is 33.6 Å². The minimum Gasteiger partial charge on any atom is -0.497 e. The van der Waals surface area contributed by atoms with Crippen molar-refractivity contribution >= 4 is 11.2 Å². The number of furan rings is 1. The maximum Gasteiger partial charge on any atom is 0.339 e. The Hall–Kier alpha value is -3.47. The van der Waals surface area contributed by atoms with Crippen LogP contribution in [0.5, 0.6) is 11.5 Å². The smallest absolute Gasteiger partial charge is 0.339 e.